The summed E-state index contributed by atoms with van der Waals surface area (Å²) in [4.78, 5) is 14.6. The van der Waals surface area contributed by atoms with Crippen molar-refractivity contribution in [3.8, 4) is 23.0 Å². The van der Waals surface area contributed by atoms with Crippen molar-refractivity contribution in [2.24, 2.45) is 0 Å². The highest BCUT2D eigenvalue weighted by Crippen LogP contribution is 2.41. The Balaban J connectivity index is 1.43. The molecule has 0 N–H and O–H groups in total. The van der Waals surface area contributed by atoms with Crippen molar-refractivity contribution >= 4 is 17.5 Å². The minimum atomic E-state index is -0.280. The van der Waals surface area contributed by atoms with Crippen LogP contribution in [0.25, 0.3) is 11.5 Å². The van der Waals surface area contributed by atoms with Crippen LogP contribution < -0.4 is 9.47 Å². The first-order chi connectivity index (χ1) is 15.4. The summed E-state index contributed by atoms with van der Waals surface area (Å²) in [6.45, 7) is 6.71. The van der Waals surface area contributed by atoms with Gasteiger partial charge in [-0.05, 0) is 38.5 Å². The average molecular weight is 456 g/mol. The Morgan fingerprint density at radius 2 is 2.00 bits per heavy atom. The van der Waals surface area contributed by atoms with Crippen molar-refractivity contribution in [3.05, 3.63) is 58.9 Å². The zero-order valence-electron chi connectivity index (χ0n) is 18.4. The van der Waals surface area contributed by atoms with Gasteiger partial charge in [-0.1, -0.05) is 42.8 Å². The minimum absolute atomic E-state index is 0.105. The average Bonchev–Trinajstić information content (AvgIpc) is 3.34. The van der Waals surface area contributed by atoms with Gasteiger partial charge in [0.2, 0.25) is 11.8 Å². The molecule has 7 nitrogen and oxygen atoms in total. The molecule has 2 aromatic carbocycles. The van der Waals surface area contributed by atoms with Crippen molar-refractivity contribution in [1.29, 1.82) is 0 Å². The number of nitrogens with zero attached hydrogens (tertiary/aromatic N) is 3. The summed E-state index contributed by atoms with van der Waals surface area (Å²) in [6.07, 6.45) is 1.59. The van der Waals surface area contributed by atoms with Gasteiger partial charge in [0.15, 0.2) is 18.1 Å². The van der Waals surface area contributed by atoms with Gasteiger partial charge in [0.05, 0.1) is 17.1 Å². The Bertz CT molecular complexity index is 1110. The predicted octanol–water partition coefficient (Wildman–Crippen LogP) is 4.92. The fourth-order valence-corrected chi connectivity index (χ4v) is 3.93. The molecule has 0 unspecified atom stereocenters. The molecule has 4 rings (SSSR count). The summed E-state index contributed by atoms with van der Waals surface area (Å²) in [5.41, 5.74) is 1.46. The van der Waals surface area contributed by atoms with Gasteiger partial charge in [-0.3, -0.25) is 4.79 Å². The van der Waals surface area contributed by atoms with Crippen LogP contribution in [-0.4, -0.2) is 39.8 Å². The van der Waals surface area contributed by atoms with E-state index in [1.54, 1.807) is 11.0 Å². The number of aromatic nitrogens is 2. The van der Waals surface area contributed by atoms with Crippen LogP contribution >= 0.6 is 11.6 Å². The number of fused-ring (bicyclic) bond motifs is 1. The van der Waals surface area contributed by atoms with Gasteiger partial charge in [-0.25, -0.2) is 0 Å². The van der Waals surface area contributed by atoms with Crippen molar-refractivity contribution in [1.82, 2.24) is 15.1 Å². The van der Waals surface area contributed by atoms with Crippen LogP contribution in [0.5, 0.6) is 11.5 Å². The van der Waals surface area contributed by atoms with Gasteiger partial charge in [0, 0.05) is 18.5 Å². The molecular formula is C24H26ClN3O4. The molecule has 0 spiro atoms. The summed E-state index contributed by atoms with van der Waals surface area (Å²) >= 11 is 6.21. The van der Waals surface area contributed by atoms with E-state index in [1.165, 1.54) is 0 Å². The maximum Gasteiger partial charge on any atom is 0.260 e. The number of hydrogen-bond acceptors (Lipinski definition) is 6. The highest BCUT2D eigenvalue weighted by Gasteiger charge is 2.32. The number of rotatable bonds is 8. The quantitative estimate of drug-likeness (QED) is 0.479. The fourth-order valence-electron chi connectivity index (χ4n) is 3.72. The molecule has 168 valence electrons. The van der Waals surface area contributed by atoms with Crippen molar-refractivity contribution in [2.75, 3.05) is 13.2 Å². The molecule has 1 aliphatic heterocycles. The van der Waals surface area contributed by atoms with Crippen molar-refractivity contribution in [2.45, 2.75) is 45.8 Å². The third-order valence-corrected chi connectivity index (χ3v) is 5.48. The van der Waals surface area contributed by atoms with E-state index >= 15 is 0 Å². The number of ether oxygens (including phenoxy) is 2. The van der Waals surface area contributed by atoms with E-state index in [9.17, 15) is 4.79 Å². The number of para-hydroxylation sites is 1. The number of halogens is 1. The molecule has 1 aliphatic rings. The van der Waals surface area contributed by atoms with Gasteiger partial charge in [-0.2, -0.15) is 0 Å². The summed E-state index contributed by atoms with van der Waals surface area (Å²) in [5.74, 6) is 1.79. The fraction of sp³-hybridized carbons (Fsp3) is 0.375. The second kappa shape index (κ2) is 9.20. The molecule has 1 amide bonds. The highest BCUT2D eigenvalue weighted by molar-refractivity contribution is 6.33. The lowest BCUT2D eigenvalue weighted by Gasteiger charge is -2.21. The van der Waals surface area contributed by atoms with E-state index in [0.29, 0.717) is 40.4 Å². The van der Waals surface area contributed by atoms with Gasteiger partial charge in [0.1, 0.15) is 5.60 Å². The molecule has 0 fully saturated rings. The predicted molar refractivity (Wildman–Crippen MR) is 121 cm³/mol. The van der Waals surface area contributed by atoms with Crippen LogP contribution in [0.3, 0.4) is 0 Å². The third-order valence-electron chi connectivity index (χ3n) is 5.15. The SMILES string of the molecule is CCCN(Cc1nnc(-c2ccccc2Cl)o1)C(=O)COc1cccc2c1OC(C)(C)C2. The Labute approximate surface area is 192 Å². The second-order valence-corrected chi connectivity index (χ2v) is 8.77. The maximum atomic E-state index is 12.9. The Kier molecular flexibility index (Phi) is 6.37. The van der Waals surface area contributed by atoms with Gasteiger partial charge < -0.3 is 18.8 Å². The molecule has 0 saturated heterocycles. The topological polar surface area (TPSA) is 77.7 Å². The van der Waals surface area contributed by atoms with E-state index in [0.717, 1.165) is 18.4 Å². The third kappa shape index (κ3) is 4.88. The first-order valence-electron chi connectivity index (χ1n) is 10.6. The van der Waals surface area contributed by atoms with Gasteiger partial charge >= 0.3 is 0 Å². The highest BCUT2D eigenvalue weighted by atomic mass is 35.5. The first-order valence-corrected chi connectivity index (χ1v) is 11.0. The van der Waals surface area contributed by atoms with E-state index < -0.39 is 0 Å². The lowest BCUT2D eigenvalue weighted by molar-refractivity contribution is -0.134. The molecule has 1 aromatic heterocycles. The summed E-state index contributed by atoms with van der Waals surface area (Å²) in [7, 11) is 0. The van der Waals surface area contributed by atoms with E-state index in [2.05, 4.69) is 10.2 Å². The Morgan fingerprint density at radius 3 is 2.78 bits per heavy atom. The number of hydrogen-bond donors (Lipinski definition) is 0. The summed E-state index contributed by atoms with van der Waals surface area (Å²) in [5, 5.41) is 8.70. The van der Waals surface area contributed by atoms with Crippen LogP contribution in [0.2, 0.25) is 5.02 Å². The molecule has 2 heterocycles. The lowest BCUT2D eigenvalue weighted by atomic mass is 10.0. The molecule has 3 aromatic rings. The van der Waals surface area contributed by atoms with Crippen LogP contribution in [-0.2, 0) is 17.8 Å². The monoisotopic (exact) mass is 455 g/mol. The van der Waals surface area contributed by atoms with Crippen LogP contribution in [0.4, 0.5) is 0 Å². The van der Waals surface area contributed by atoms with E-state index in [1.807, 2.05) is 57.2 Å². The number of carbonyl (C=O) groups excluding carboxylic acids is 1. The maximum absolute atomic E-state index is 12.9. The first kappa shape index (κ1) is 22.1. The Morgan fingerprint density at radius 1 is 1.19 bits per heavy atom. The van der Waals surface area contributed by atoms with Gasteiger partial charge in [-0.15, -0.1) is 10.2 Å². The molecule has 0 radical (unpaired) electrons. The van der Waals surface area contributed by atoms with Gasteiger partial charge in [0.25, 0.3) is 5.91 Å². The zero-order valence-corrected chi connectivity index (χ0v) is 19.2. The van der Waals surface area contributed by atoms with Crippen LogP contribution in [0, 0.1) is 0 Å². The van der Waals surface area contributed by atoms with Crippen molar-refractivity contribution < 1.29 is 18.7 Å². The number of benzene rings is 2. The smallest absolute Gasteiger partial charge is 0.260 e. The number of carbonyl (C=O) groups is 1. The standard InChI is InChI=1S/C24H26ClN3O4/c1-4-12-28(14-20-26-27-23(31-20)17-9-5-6-10-18(17)25)21(29)15-30-19-11-7-8-16-13-24(2,3)32-22(16)19/h5-11H,4,12-15H2,1-3H3. The summed E-state index contributed by atoms with van der Waals surface area (Å²) < 4.78 is 17.6. The molecule has 0 aliphatic carbocycles. The van der Waals surface area contributed by atoms with Crippen LogP contribution in [0.15, 0.2) is 46.9 Å². The summed E-state index contributed by atoms with van der Waals surface area (Å²) in [6, 6.07) is 13.0. The van der Waals surface area contributed by atoms with E-state index in [-0.39, 0.29) is 24.7 Å². The normalized spacial score (nSPS) is 14.0. The molecule has 8 heteroatoms. The zero-order chi connectivity index (χ0) is 22.7. The molecular weight excluding hydrogens is 430 g/mol. The minimum Gasteiger partial charge on any atom is -0.483 e. The number of amides is 1. The van der Waals surface area contributed by atoms with E-state index in [4.69, 9.17) is 25.5 Å². The lowest BCUT2D eigenvalue weighted by Crippen LogP contribution is -2.35. The van der Waals surface area contributed by atoms with Crippen LogP contribution in [0.1, 0.15) is 38.6 Å². The molecule has 0 saturated carbocycles. The molecule has 0 bridgehead atoms. The largest absolute Gasteiger partial charge is 0.483 e. The molecule has 32 heavy (non-hydrogen) atoms. The second-order valence-electron chi connectivity index (χ2n) is 8.37. The van der Waals surface area contributed by atoms with Crippen molar-refractivity contribution in [3.63, 3.8) is 0 Å². The Hall–Kier alpha value is -3.06. The molecule has 0 atom stereocenters.